The SMILES string of the molecule is CC(C)c1ccc(NNc2ccccc2C(C)C)c(C(C)C)c1. The summed E-state index contributed by atoms with van der Waals surface area (Å²) in [5.74, 6) is 1.53. The van der Waals surface area contributed by atoms with Gasteiger partial charge < -0.3 is 10.9 Å². The summed E-state index contributed by atoms with van der Waals surface area (Å²) in [7, 11) is 0. The second kappa shape index (κ2) is 7.54. The Morgan fingerprint density at radius 3 is 1.74 bits per heavy atom. The van der Waals surface area contributed by atoms with Crippen LogP contribution in [0.2, 0.25) is 0 Å². The van der Waals surface area contributed by atoms with E-state index in [9.17, 15) is 0 Å². The molecule has 0 aliphatic carbocycles. The van der Waals surface area contributed by atoms with Gasteiger partial charge in [0.2, 0.25) is 0 Å². The lowest BCUT2D eigenvalue weighted by atomic mass is 9.94. The molecule has 0 heterocycles. The number of hydrogen-bond acceptors (Lipinski definition) is 2. The summed E-state index contributed by atoms with van der Waals surface area (Å²) >= 11 is 0. The summed E-state index contributed by atoms with van der Waals surface area (Å²) in [6, 6.07) is 15.2. The summed E-state index contributed by atoms with van der Waals surface area (Å²) in [6.45, 7) is 13.4. The van der Waals surface area contributed by atoms with Crippen molar-refractivity contribution >= 4 is 11.4 Å². The number of rotatable bonds is 6. The van der Waals surface area contributed by atoms with Crippen LogP contribution in [0.5, 0.6) is 0 Å². The van der Waals surface area contributed by atoms with E-state index >= 15 is 0 Å². The number of benzene rings is 2. The lowest BCUT2D eigenvalue weighted by molar-refractivity contribution is 0.834. The third-order valence-corrected chi connectivity index (χ3v) is 4.28. The molecule has 0 unspecified atom stereocenters. The van der Waals surface area contributed by atoms with E-state index in [2.05, 4.69) is 94.9 Å². The molecule has 124 valence electrons. The van der Waals surface area contributed by atoms with Crippen molar-refractivity contribution in [2.45, 2.75) is 59.3 Å². The van der Waals surface area contributed by atoms with Crippen molar-refractivity contribution in [3.05, 3.63) is 59.2 Å². The minimum atomic E-state index is 0.485. The molecule has 2 nitrogen and oxygen atoms in total. The zero-order chi connectivity index (χ0) is 17.0. The molecular formula is C21H30N2. The van der Waals surface area contributed by atoms with Crippen LogP contribution in [-0.2, 0) is 0 Å². The van der Waals surface area contributed by atoms with E-state index < -0.39 is 0 Å². The molecule has 0 aromatic heterocycles. The largest absolute Gasteiger partial charge is 0.301 e. The first-order valence-corrected chi connectivity index (χ1v) is 8.65. The minimum absolute atomic E-state index is 0.485. The van der Waals surface area contributed by atoms with Gasteiger partial charge in [-0.05, 0) is 46.6 Å². The highest BCUT2D eigenvalue weighted by Gasteiger charge is 2.11. The molecule has 0 aliphatic heterocycles. The van der Waals surface area contributed by atoms with Gasteiger partial charge in [0.15, 0.2) is 0 Å². The van der Waals surface area contributed by atoms with Gasteiger partial charge in [-0.1, -0.05) is 71.9 Å². The first-order chi connectivity index (χ1) is 10.9. The average molecular weight is 310 g/mol. The van der Waals surface area contributed by atoms with Crippen molar-refractivity contribution in [1.82, 2.24) is 0 Å². The zero-order valence-electron chi connectivity index (χ0n) is 15.3. The van der Waals surface area contributed by atoms with Crippen LogP contribution in [-0.4, -0.2) is 0 Å². The van der Waals surface area contributed by atoms with Crippen molar-refractivity contribution < 1.29 is 0 Å². The molecule has 2 rings (SSSR count). The Morgan fingerprint density at radius 2 is 1.17 bits per heavy atom. The molecule has 23 heavy (non-hydrogen) atoms. The monoisotopic (exact) mass is 310 g/mol. The highest BCUT2D eigenvalue weighted by molar-refractivity contribution is 5.61. The smallest absolute Gasteiger partial charge is 0.0574 e. The van der Waals surface area contributed by atoms with Gasteiger partial charge in [-0.3, -0.25) is 0 Å². The summed E-state index contributed by atoms with van der Waals surface area (Å²) in [4.78, 5) is 0. The van der Waals surface area contributed by atoms with E-state index in [0.29, 0.717) is 17.8 Å². The predicted molar refractivity (Wildman–Crippen MR) is 102 cm³/mol. The zero-order valence-corrected chi connectivity index (χ0v) is 15.3. The standard InChI is InChI=1S/C21H30N2/c1-14(2)17-11-12-21(19(13-17)16(5)6)23-22-20-10-8-7-9-18(20)15(3)4/h7-16,22-23H,1-6H3. The molecule has 0 amide bonds. The third-order valence-electron chi connectivity index (χ3n) is 4.28. The number of nitrogens with one attached hydrogen (secondary N) is 2. The van der Waals surface area contributed by atoms with Crippen molar-refractivity contribution in [2.75, 3.05) is 10.9 Å². The molecule has 0 atom stereocenters. The average Bonchev–Trinajstić information content (AvgIpc) is 2.52. The minimum Gasteiger partial charge on any atom is -0.301 e. The summed E-state index contributed by atoms with van der Waals surface area (Å²) in [6.07, 6.45) is 0. The maximum Gasteiger partial charge on any atom is 0.0574 e. The van der Waals surface area contributed by atoms with Gasteiger partial charge in [-0.2, -0.15) is 0 Å². The van der Waals surface area contributed by atoms with Gasteiger partial charge in [0.1, 0.15) is 0 Å². The molecule has 0 fully saturated rings. The van der Waals surface area contributed by atoms with Crippen LogP contribution in [0.1, 0.15) is 76.0 Å². The normalized spacial score (nSPS) is 11.3. The summed E-state index contributed by atoms with van der Waals surface area (Å²) in [5, 5.41) is 0. The van der Waals surface area contributed by atoms with Gasteiger partial charge in [0.25, 0.3) is 0 Å². The van der Waals surface area contributed by atoms with Crippen molar-refractivity contribution in [3.63, 3.8) is 0 Å². The topological polar surface area (TPSA) is 24.1 Å². The summed E-state index contributed by atoms with van der Waals surface area (Å²) in [5.41, 5.74) is 13.2. The Kier molecular flexibility index (Phi) is 5.70. The molecular weight excluding hydrogens is 280 g/mol. The number of para-hydroxylation sites is 1. The van der Waals surface area contributed by atoms with Crippen molar-refractivity contribution in [2.24, 2.45) is 0 Å². The summed E-state index contributed by atoms with van der Waals surface area (Å²) < 4.78 is 0. The van der Waals surface area contributed by atoms with E-state index in [0.717, 1.165) is 11.4 Å². The molecule has 2 heteroatoms. The quantitative estimate of drug-likeness (QED) is 0.595. The van der Waals surface area contributed by atoms with Gasteiger partial charge in [-0.15, -0.1) is 0 Å². The molecule has 0 bridgehead atoms. The molecule has 2 N–H and O–H groups in total. The van der Waals surface area contributed by atoms with Crippen LogP contribution in [0, 0.1) is 0 Å². The number of anilines is 2. The van der Waals surface area contributed by atoms with E-state index in [1.165, 1.54) is 16.7 Å². The van der Waals surface area contributed by atoms with Crippen molar-refractivity contribution in [3.8, 4) is 0 Å². The molecule has 2 aromatic carbocycles. The molecule has 0 radical (unpaired) electrons. The molecule has 2 aromatic rings. The van der Waals surface area contributed by atoms with E-state index in [1.807, 2.05) is 0 Å². The van der Waals surface area contributed by atoms with Crippen LogP contribution in [0.25, 0.3) is 0 Å². The van der Waals surface area contributed by atoms with Crippen LogP contribution >= 0.6 is 0 Å². The van der Waals surface area contributed by atoms with Crippen molar-refractivity contribution in [1.29, 1.82) is 0 Å². The lowest BCUT2D eigenvalue weighted by Crippen LogP contribution is -2.13. The van der Waals surface area contributed by atoms with Gasteiger partial charge >= 0.3 is 0 Å². The number of hydrazine groups is 1. The second-order valence-electron chi connectivity index (χ2n) is 7.15. The Bertz CT molecular complexity index is 642. The molecule has 0 saturated heterocycles. The van der Waals surface area contributed by atoms with E-state index in [1.54, 1.807) is 0 Å². The van der Waals surface area contributed by atoms with Gasteiger partial charge in [0.05, 0.1) is 11.4 Å². The fraction of sp³-hybridized carbons (Fsp3) is 0.429. The molecule has 0 saturated carbocycles. The number of hydrogen-bond donors (Lipinski definition) is 2. The van der Waals surface area contributed by atoms with Crippen LogP contribution in [0.15, 0.2) is 42.5 Å². The fourth-order valence-electron chi connectivity index (χ4n) is 2.78. The van der Waals surface area contributed by atoms with E-state index in [-0.39, 0.29) is 0 Å². The molecule has 0 aliphatic rings. The Morgan fingerprint density at radius 1 is 0.609 bits per heavy atom. The Balaban J connectivity index is 2.24. The lowest BCUT2D eigenvalue weighted by Gasteiger charge is -2.20. The van der Waals surface area contributed by atoms with Crippen LogP contribution in [0.4, 0.5) is 11.4 Å². The Hall–Kier alpha value is -1.96. The maximum atomic E-state index is 3.42. The van der Waals surface area contributed by atoms with E-state index in [4.69, 9.17) is 0 Å². The second-order valence-corrected chi connectivity index (χ2v) is 7.15. The third kappa shape index (κ3) is 4.28. The van der Waals surface area contributed by atoms with Gasteiger partial charge in [-0.25, -0.2) is 0 Å². The highest BCUT2D eigenvalue weighted by atomic mass is 15.4. The fourth-order valence-corrected chi connectivity index (χ4v) is 2.78. The Labute approximate surface area is 141 Å². The molecule has 0 spiro atoms. The van der Waals surface area contributed by atoms with Crippen LogP contribution in [0.3, 0.4) is 0 Å². The first kappa shape index (κ1) is 17.4. The highest BCUT2D eigenvalue weighted by Crippen LogP contribution is 2.29. The maximum absolute atomic E-state index is 3.42. The predicted octanol–water partition coefficient (Wildman–Crippen LogP) is 6.50. The first-order valence-electron chi connectivity index (χ1n) is 8.65. The van der Waals surface area contributed by atoms with Gasteiger partial charge in [0, 0.05) is 0 Å². The van der Waals surface area contributed by atoms with Crippen LogP contribution < -0.4 is 10.9 Å².